The summed E-state index contributed by atoms with van der Waals surface area (Å²) in [5.41, 5.74) is 5.53. The van der Waals surface area contributed by atoms with Gasteiger partial charge in [-0.1, -0.05) is 13.8 Å². The van der Waals surface area contributed by atoms with Gasteiger partial charge in [0.25, 0.3) is 0 Å². The van der Waals surface area contributed by atoms with Gasteiger partial charge in [-0.05, 0) is 56.5 Å². The lowest BCUT2D eigenvalue weighted by Gasteiger charge is -2.18. The highest BCUT2D eigenvalue weighted by Gasteiger charge is 2.23. The molecule has 0 bridgehead atoms. The standard InChI is InChI=1S/C19H26FN3/c1-4-15(5-2)23-19(14-6-7-17(20)13(3)12-14)16-8-10-21-11-9-18(16)22-23/h6-7,12,15,21H,4-5,8-11H2,1-3H3. The minimum Gasteiger partial charge on any atom is -0.316 e. The summed E-state index contributed by atoms with van der Waals surface area (Å²) in [6, 6.07) is 5.84. The van der Waals surface area contributed by atoms with Crippen molar-refractivity contribution in [2.24, 2.45) is 0 Å². The third kappa shape index (κ3) is 3.05. The fourth-order valence-electron chi connectivity index (χ4n) is 3.52. The van der Waals surface area contributed by atoms with E-state index in [-0.39, 0.29) is 5.82 Å². The summed E-state index contributed by atoms with van der Waals surface area (Å²) in [5.74, 6) is -0.143. The van der Waals surface area contributed by atoms with Crippen LogP contribution >= 0.6 is 0 Å². The molecule has 0 atom stereocenters. The smallest absolute Gasteiger partial charge is 0.126 e. The summed E-state index contributed by atoms with van der Waals surface area (Å²) in [4.78, 5) is 0. The second kappa shape index (κ2) is 6.83. The highest BCUT2D eigenvalue weighted by atomic mass is 19.1. The van der Waals surface area contributed by atoms with Crippen LogP contribution in [0.1, 0.15) is 49.6 Å². The quantitative estimate of drug-likeness (QED) is 0.922. The first kappa shape index (κ1) is 16.2. The molecule has 0 aliphatic carbocycles. The molecule has 1 N–H and O–H groups in total. The zero-order chi connectivity index (χ0) is 16.4. The van der Waals surface area contributed by atoms with Gasteiger partial charge in [0, 0.05) is 24.1 Å². The Morgan fingerprint density at radius 3 is 2.65 bits per heavy atom. The molecule has 0 amide bonds. The average molecular weight is 315 g/mol. The van der Waals surface area contributed by atoms with Gasteiger partial charge in [-0.2, -0.15) is 5.10 Å². The molecule has 0 unspecified atom stereocenters. The molecule has 1 aliphatic rings. The molecule has 1 aromatic carbocycles. The summed E-state index contributed by atoms with van der Waals surface area (Å²) in [6.45, 7) is 8.21. The van der Waals surface area contributed by atoms with Crippen LogP contribution in [-0.2, 0) is 12.8 Å². The van der Waals surface area contributed by atoms with Gasteiger partial charge in [0.2, 0.25) is 0 Å². The number of nitrogens with zero attached hydrogens (tertiary/aromatic N) is 2. The molecular weight excluding hydrogens is 289 g/mol. The van der Waals surface area contributed by atoms with Crippen LogP contribution in [0.3, 0.4) is 0 Å². The Hall–Kier alpha value is -1.68. The SMILES string of the molecule is CCC(CC)n1nc2c(c1-c1ccc(F)c(C)c1)CCNCC2. The van der Waals surface area contributed by atoms with Crippen LogP contribution in [0.4, 0.5) is 4.39 Å². The van der Waals surface area contributed by atoms with E-state index in [9.17, 15) is 4.39 Å². The second-order valence-electron chi connectivity index (χ2n) is 6.40. The Balaban J connectivity index is 2.18. The lowest BCUT2D eigenvalue weighted by Crippen LogP contribution is -2.18. The molecule has 3 nitrogen and oxygen atoms in total. The molecule has 0 radical (unpaired) electrons. The van der Waals surface area contributed by atoms with E-state index >= 15 is 0 Å². The van der Waals surface area contributed by atoms with Gasteiger partial charge in [-0.25, -0.2) is 4.39 Å². The van der Waals surface area contributed by atoms with Crippen molar-refractivity contribution in [3.63, 3.8) is 0 Å². The van der Waals surface area contributed by atoms with Gasteiger partial charge in [0.1, 0.15) is 5.82 Å². The predicted molar refractivity (Wildman–Crippen MR) is 92.3 cm³/mol. The van der Waals surface area contributed by atoms with E-state index in [4.69, 9.17) is 5.10 Å². The second-order valence-corrected chi connectivity index (χ2v) is 6.40. The molecule has 2 heterocycles. The number of hydrogen-bond acceptors (Lipinski definition) is 2. The van der Waals surface area contributed by atoms with E-state index in [0.29, 0.717) is 11.6 Å². The van der Waals surface area contributed by atoms with Crippen LogP contribution in [0.5, 0.6) is 0 Å². The summed E-state index contributed by atoms with van der Waals surface area (Å²) in [7, 11) is 0. The fraction of sp³-hybridized carbons (Fsp3) is 0.526. The van der Waals surface area contributed by atoms with Crippen LogP contribution in [0, 0.1) is 12.7 Å². The van der Waals surface area contributed by atoms with E-state index in [1.807, 2.05) is 19.1 Å². The van der Waals surface area contributed by atoms with Gasteiger partial charge >= 0.3 is 0 Å². The van der Waals surface area contributed by atoms with E-state index in [0.717, 1.165) is 44.3 Å². The maximum atomic E-state index is 13.7. The number of hydrogen-bond donors (Lipinski definition) is 1. The summed E-state index contributed by atoms with van der Waals surface area (Å²) >= 11 is 0. The Morgan fingerprint density at radius 2 is 1.96 bits per heavy atom. The first-order chi connectivity index (χ1) is 11.2. The zero-order valence-electron chi connectivity index (χ0n) is 14.3. The largest absolute Gasteiger partial charge is 0.316 e. The van der Waals surface area contributed by atoms with Gasteiger partial charge in [-0.15, -0.1) is 0 Å². The molecule has 2 aromatic rings. The third-order valence-electron chi connectivity index (χ3n) is 4.90. The lowest BCUT2D eigenvalue weighted by molar-refractivity contribution is 0.429. The first-order valence-electron chi connectivity index (χ1n) is 8.73. The molecular formula is C19H26FN3. The van der Waals surface area contributed by atoms with Crippen LogP contribution in [0.15, 0.2) is 18.2 Å². The number of rotatable bonds is 4. The molecule has 4 heteroatoms. The third-order valence-corrected chi connectivity index (χ3v) is 4.90. The van der Waals surface area contributed by atoms with E-state index in [1.54, 1.807) is 6.07 Å². The van der Waals surface area contributed by atoms with Crippen molar-refractivity contribution in [3.8, 4) is 11.3 Å². The van der Waals surface area contributed by atoms with Gasteiger partial charge in [0.15, 0.2) is 0 Å². The molecule has 3 rings (SSSR count). The highest BCUT2D eigenvalue weighted by molar-refractivity contribution is 5.66. The van der Waals surface area contributed by atoms with E-state index in [2.05, 4.69) is 23.8 Å². The molecule has 1 aliphatic heterocycles. The Bertz CT molecular complexity index is 686. The number of aromatic nitrogens is 2. The molecule has 23 heavy (non-hydrogen) atoms. The summed E-state index contributed by atoms with van der Waals surface area (Å²) < 4.78 is 15.9. The van der Waals surface area contributed by atoms with Gasteiger partial charge < -0.3 is 5.32 Å². The molecule has 0 fully saturated rings. The number of benzene rings is 1. The van der Waals surface area contributed by atoms with Crippen LogP contribution < -0.4 is 5.32 Å². The van der Waals surface area contributed by atoms with E-state index in [1.165, 1.54) is 17.0 Å². The molecule has 124 valence electrons. The van der Waals surface area contributed by atoms with Crippen molar-refractivity contribution >= 4 is 0 Å². The molecule has 1 aromatic heterocycles. The average Bonchev–Trinajstić information content (AvgIpc) is 2.74. The minimum absolute atomic E-state index is 0.143. The fourth-order valence-corrected chi connectivity index (χ4v) is 3.52. The Kier molecular flexibility index (Phi) is 4.81. The molecule has 0 spiro atoms. The van der Waals surface area contributed by atoms with Crippen molar-refractivity contribution < 1.29 is 4.39 Å². The number of nitrogens with one attached hydrogen (secondary N) is 1. The zero-order valence-corrected chi connectivity index (χ0v) is 14.3. The minimum atomic E-state index is -0.143. The predicted octanol–water partition coefficient (Wildman–Crippen LogP) is 4.05. The van der Waals surface area contributed by atoms with Crippen molar-refractivity contribution in [1.29, 1.82) is 0 Å². The summed E-state index contributed by atoms with van der Waals surface area (Å²) in [6.07, 6.45) is 4.07. The van der Waals surface area contributed by atoms with Crippen molar-refractivity contribution in [2.75, 3.05) is 13.1 Å². The highest BCUT2D eigenvalue weighted by Crippen LogP contribution is 2.33. The van der Waals surface area contributed by atoms with Crippen molar-refractivity contribution in [2.45, 2.75) is 52.5 Å². The maximum Gasteiger partial charge on any atom is 0.126 e. The lowest BCUT2D eigenvalue weighted by atomic mass is 10.00. The monoisotopic (exact) mass is 315 g/mol. The van der Waals surface area contributed by atoms with Crippen molar-refractivity contribution in [1.82, 2.24) is 15.1 Å². The maximum absolute atomic E-state index is 13.7. The topological polar surface area (TPSA) is 29.9 Å². The number of fused-ring (bicyclic) bond motifs is 1. The summed E-state index contributed by atoms with van der Waals surface area (Å²) in [5, 5.41) is 8.41. The van der Waals surface area contributed by atoms with Gasteiger partial charge in [-0.3, -0.25) is 4.68 Å². The Labute approximate surface area is 137 Å². The molecule has 0 saturated carbocycles. The first-order valence-corrected chi connectivity index (χ1v) is 8.73. The normalized spacial score (nSPS) is 14.8. The van der Waals surface area contributed by atoms with Crippen LogP contribution in [0.25, 0.3) is 11.3 Å². The van der Waals surface area contributed by atoms with E-state index < -0.39 is 0 Å². The number of aryl methyl sites for hydroxylation is 1. The number of halogens is 1. The van der Waals surface area contributed by atoms with Crippen molar-refractivity contribution in [3.05, 3.63) is 40.8 Å². The van der Waals surface area contributed by atoms with Crippen LogP contribution in [-0.4, -0.2) is 22.9 Å². The Morgan fingerprint density at radius 1 is 1.22 bits per heavy atom. The van der Waals surface area contributed by atoms with Gasteiger partial charge in [0.05, 0.1) is 17.4 Å². The molecule has 0 saturated heterocycles. The van der Waals surface area contributed by atoms with Crippen LogP contribution in [0.2, 0.25) is 0 Å².